The molecule has 30 heavy (non-hydrogen) atoms. The van der Waals surface area contributed by atoms with Gasteiger partial charge in [-0.3, -0.25) is 14.5 Å². The Hall–Kier alpha value is -3.68. The van der Waals surface area contributed by atoms with Crippen molar-refractivity contribution in [2.24, 2.45) is 0 Å². The number of amides is 4. The average molecular weight is 407 g/mol. The topological polar surface area (TPSA) is 96.0 Å². The summed E-state index contributed by atoms with van der Waals surface area (Å²) in [5.74, 6) is -1.11. The predicted octanol–water partition coefficient (Wildman–Crippen LogP) is 1.48. The second-order valence-electron chi connectivity index (χ2n) is 7.25. The summed E-state index contributed by atoms with van der Waals surface area (Å²) in [5.41, 5.74) is 3.36. The maximum atomic E-state index is 12.4. The number of ether oxygens (including phenoxy) is 1. The molecule has 8 heteroatoms. The van der Waals surface area contributed by atoms with Gasteiger partial charge in [0.05, 0.1) is 18.7 Å². The van der Waals surface area contributed by atoms with Gasteiger partial charge in [-0.2, -0.15) is 0 Å². The number of hydrogen-bond donors (Lipinski definition) is 1. The summed E-state index contributed by atoms with van der Waals surface area (Å²) < 4.78 is 5.18. The first-order valence-electron chi connectivity index (χ1n) is 9.70. The highest BCUT2D eigenvalue weighted by Gasteiger charge is 2.28. The van der Waals surface area contributed by atoms with Crippen molar-refractivity contribution in [1.82, 2.24) is 15.1 Å². The fraction of sp³-hybridized carbons (Fsp3) is 0.273. The average Bonchev–Trinajstić information content (AvgIpc) is 3.09. The number of nitrogens with zero attached hydrogens (tertiary/aromatic N) is 2. The van der Waals surface area contributed by atoms with Crippen LogP contribution in [0.4, 0.5) is 4.79 Å². The van der Waals surface area contributed by atoms with E-state index in [1.54, 1.807) is 29.2 Å². The van der Waals surface area contributed by atoms with Crippen LogP contribution in [0.25, 0.3) is 0 Å². The van der Waals surface area contributed by atoms with Crippen molar-refractivity contribution in [2.75, 3.05) is 19.7 Å². The normalized spacial score (nSPS) is 15.6. The third-order valence-electron chi connectivity index (χ3n) is 5.28. The van der Waals surface area contributed by atoms with Crippen molar-refractivity contribution in [3.05, 3.63) is 70.8 Å². The molecule has 154 valence electrons. The summed E-state index contributed by atoms with van der Waals surface area (Å²) in [6, 6.07) is 14.0. The summed E-state index contributed by atoms with van der Waals surface area (Å²) in [6.07, 6.45) is 0.787. The number of urea groups is 1. The van der Waals surface area contributed by atoms with Gasteiger partial charge in [-0.1, -0.05) is 36.4 Å². The van der Waals surface area contributed by atoms with Crippen LogP contribution in [0.5, 0.6) is 0 Å². The number of carbonyl (C=O) groups is 4. The summed E-state index contributed by atoms with van der Waals surface area (Å²) in [5, 5.41) is 2.46. The van der Waals surface area contributed by atoms with Crippen molar-refractivity contribution in [1.29, 1.82) is 0 Å². The summed E-state index contributed by atoms with van der Waals surface area (Å²) in [7, 11) is 0. The van der Waals surface area contributed by atoms with Crippen LogP contribution in [0.15, 0.2) is 48.5 Å². The molecule has 0 spiro atoms. The Bertz CT molecular complexity index is 986. The van der Waals surface area contributed by atoms with Crippen molar-refractivity contribution in [2.45, 2.75) is 19.5 Å². The molecule has 2 aliphatic heterocycles. The van der Waals surface area contributed by atoms with Crippen molar-refractivity contribution < 1.29 is 23.9 Å². The molecule has 1 saturated heterocycles. The molecule has 2 aromatic carbocycles. The van der Waals surface area contributed by atoms with Gasteiger partial charge in [-0.05, 0) is 35.2 Å². The molecule has 0 unspecified atom stereocenters. The molecule has 0 radical (unpaired) electrons. The molecule has 2 aromatic rings. The number of rotatable bonds is 5. The Morgan fingerprint density at radius 1 is 1.00 bits per heavy atom. The molecule has 0 atom stereocenters. The lowest BCUT2D eigenvalue weighted by atomic mass is 10.00. The zero-order valence-corrected chi connectivity index (χ0v) is 16.3. The SMILES string of the molecule is O=C(OCC(=O)N1CCc2ccccc2C1)c1ccc(CN2C(=O)CNC2=O)cc1. The van der Waals surface area contributed by atoms with E-state index in [-0.39, 0.29) is 31.5 Å². The first-order valence-corrected chi connectivity index (χ1v) is 9.70. The van der Waals surface area contributed by atoms with E-state index < -0.39 is 12.0 Å². The molecule has 2 heterocycles. The molecule has 2 aliphatic rings. The lowest BCUT2D eigenvalue weighted by molar-refractivity contribution is -0.135. The van der Waals surface area contributed by atoms with Crippen molar-refractivity contribution in [3.63, 3.8) is 0 Å². The van der Waals surface area contributed by atoms with E-state index in [4.69, 9.17) is 4.74 Å². The molecule has 4 amide bonds. The molecule has 0 bridgehead atoms. The zero-order valence-electron chi connectivity index (χ0n) is 16.3. The fourth-order valence-electron chi connectivity index (χ4n) is 3.55. The van der Waals surface area contributed by atoms with Crippen LogP contribution < -0.4 is 5.32 Å². The summed E-state index contributed by atoms with van der Waals surface area (Å²) in [4.78, 5) is 50.7. The third-order valence-corrected chi connectivity index (χ3v) is 5.28. The number of hydrogen-bond acceptors (Lipinski definition) is 5. The van der Waals surface area contributed by atoms with Crippen LogP contribution in [0.2, 0.25) is 0 Å². The maximum Gasteiger partial charge on any atom is 0.338 e. The molecular weight excluding hydrogens is 386 g/mol. The Morgan fingerprint density at radius 3 is 2.43 bits per heavy atom. The Morgan fingerprint density at radius 2 is 1.73 bits per heavy atom. The van der Waals surface area contributed by atoms with E-state index in [0.717, 1.165) is 16.9 Å². The number of imide groups is 1. The highest BCUT2D eigenvalue weighted by Crippen LogP contribution is 2.18. The highest BCUT2D eigenvalue weighted by atomic mass is 16.5. The van der Waals surface area contributed by atoms with E-state index in [1.807, 2.05) is 18.2 Å². The first-order chi connectivity index (χ1) is 14.5. The minimum absolute atomic E-state index is 0.000125. The molecule has 0 saturated carbocycles. The van der Waals surface area contributed by atoms with Gasteiger partial charge in [0.2, 0.25) is 5.91 Å². The molecule has 1 fully saturated rings. The maximum absolute atomic E-state index is 12.4. The molecule has 8 nitrogen and oxygen atoms in total. The van der Waals surface area contributed by atoms with E-state index in [0.29, 0.717) is 24.2 Å². The van der Waals surface area contributed by atoms with E-state index in [9.17, 15) is 19.2 Å². The Balaban J connectivity index is 1.29. The van der Waals surface area contributed by atoms with Gasteiger partial charge in [-0.25, -0.2) is 9.59 Å². The molecule has 0 aromatic heterocycles. The monoisotopic (exact) mass is 407 g/mol. The molecule has 0 aliphatic carbocycles. The molecular formula is C22H21N3O5. The van der Waals surface area contributed by atoms with Gasteiger partial charge < -0.3 is 15.0 Å². The fourth-order valence-corrected chi connectivity index (χ4v) is 3.55. The first kappa shape index (κ1) is 19.6. The van der Waals surface area contributed by atoms with E-state index in [2.05, 4.69) is 11.4 Å². The smallest absolute Gasteiger partial charge is 0.338 e. The van der Waals surface area contributed by atoms with Crippen molar-refractivity contribution in [3.8, 4) is 0 Å². The quantitative estimate of drug-likeness (QED) is 0.598. The van der Waals surface area contributed by atoms with Gasteiger partial charge in [0, 0.05) is 13.1 Å². The van der Waals surface area contributed by atoms with Crippen molar-refractivity contribution >= 4 is 23.8 Å². The van der Waals surface area contributed by atoms with Crippen LogP contribution in [0.3, 0.4) is 0 Å². The Kier molecular flexibility index (Phi) is 5.47. The zero-order chi connectivity index (χ0) is 21.1. The van der Waals surface area contributed by atoms with Crippen LogP contribution in [0.1, 0.15) is 27.0 Å². The van der Waals surface area contributed by atoms with Gasteiger partial charge in [-0.15, -0.1) is 0 Å². The minimum Gasteiger partial charge on any atom is -0.452 e. The largest absolute Gasteiger partial charge is 0.452 e. The second kappa shape index (κ2) is 8.36. The third kappa shape index (κ3) is 4.17. The van der Waals surface area contributed by atoms with Gasteiger partial charge in [0.1, 0.15) is 0 Å². The second-order valence-corrected chi connectivity index (χ2v) is 7.25. The predicted molar refractivity (Wildman–Crippen MR) is 106 cm³/mol. The number of carbonyl (C=O) groups excluding carboxylic acids is 4. The number of fused-ring (bicyclic) bond motifs is 1. The number of esters is 1. The lowest BCUT2D eigenvalue weighted by Gasteiger charge is -2.28. The van der Waals surface area contributed by atoms with Crippen LogP contribution >= 0.6 is 0 Å². The summed E-state index contributed by atoms with van der Waals surface area (Å²) >= 11 is 0. The van der Waals surface area contributed by atoms with Gasteiger partial charge in [0.25, 0.3) is 5.91 Å². The Labute approximate surface area is 173 Å². The molecule has 4 rings (SSSR count). The minimum atomic E-state index is -0.595. The summed E-state index contributed by atoms with van der Waals surface area (Å²) in [6.45, 7) is 0.939. The number of nitrogens with one attached hydrogen (secondary N) is 1. The van der Waals surface area contributed by atoms with E-state index >= 15 is 0 Å². The van der Waals surface area contributed by atoms with Gasteiger partial charge >= 0.3 is 12.0 Å². The standard InChI is InChI=1S/C22H21N3O5/c26-19-11-23-22(29)25(19)12-15-5-7-17(8-6-15)21(28)30-14-20(27)24-10-9-16-3-1-2-4-18(16)13-24/h1-8H,9-14H2,(H,23,29). The highest BCUT2D eigenvalue weighted by molar-refractivity contribution is 6.01. The lowest BCUT2D eigenvalue weighted by Crippen LogP contribution is -2.38. The van der Waals surface area contributed by atoms with Gasteiger partial charge in [0.15, 0.2) is 6.61 Å². The number of benzene rings is 2. The molecule has 1 N–H and O–H groups in total. The van der Waals surface area contributed by atoms with E-state index in [1.165, 1.54) is 5.56 Å². The van der Waals surface area contributed by atoms with Crippen LogP contribution in [-0.2, 0) is 33.8 Å². The van der Waals surface area contributed by atoms with Crippen LogP contribution in [0, 0.1) is 0 Å². The van der Waals surface area contributed by atoms with Crippen LogP contribution in [-0.4, -0.2) is 53.3 Å².